The zero-order valence-electron chi connectivity index (χ0n) is 15.1. The van der Waals surface area contributed by atoms with Gasteiger partial charge in [-0.05, 0) is 31.0 Å². The second kappa shape index (κ2) is 9.56. The summed E-state index contributed by atoms with van der Waals surface area (Å²) in [7, 11) is 1.89. The van der Waals surface area contributed by atoms with Crippen molar-refractivity contribution in [3.05, 3.63) is 47.8 Å². The van der Waals surface area contributed by atoms with E-state index >= 15 is 0 Å². The van der Waals surface area contributed by atoms with Crippen molar-refractivity contribution in [2.75, 3.05) is 24.5 Å². The average molecular weight is 468 g/mol. The molecule has 1 aliphatic heterocycles. The molecule has 0 spiro atoms. The monoisotopic (exact) mass is 468 g/mol. The van der Waals surface area contributed by atoms with Gasteiger partial charge < -0.3 is 15.5 Å². The zero-order chi connectivity index (χ0) is 17.6. The molecule has 3 rings (SSSR count). The highest BCUT2D eigenvalue weighted by atomic mass is 127. The van der Waals surface area contributed by atoms with Gasteiger partial charge in [0.15, 0.2) is 5.96 Å². The Bertz CT molecular complexity index is 773. The van der Waals surface area contributed by atoms with Gasteiger partial charge in [0.05, 0.1) is 18.8 Å². The van der Waals surface area contributed by atoms with Gasteiger partial charge in [-0.3, -0.25) is 9.48 Å². The lowest BCUT2D eigenvalue weighted by atomic mass is 10.2. The van der Waals surface area contributed by atoms with Crippen LogP contribution in [0.15, 0.2) is 41.5 Å². The first-order chi connectivity index (χ1) is 12.2. The molecule has 140 valence electrons. The number of guanidine groups is 1. The Morgan fingerprint density at radius 1 is 1.27 bits per heavy atom. The molecule has 7 nitrogen and oxygen atoms in total. The van der Waals surface area contributed by atoms with Crippen molar-refractivity contribution in [1.82, 2.24) is 20.4 Å². The highest BCUT2D eigenvalue weighted by Crippen LogP contribution is 2.27. The largest absolute Gasteiger partial charge is 0.357 e. The van der Waals surface area contributed by atoms with Crippen LogP contribution in [0.4, 0.5) is 5.69 Å². The number of amides is 1. The van der Waals surface area contributed by atoms with E-state index in [0.717, 1.165) is 30.9 Å². The lowest BCUT2D eigenvalue weighted by Gasteiger charge is -2.18. The standard InChI is InChI=1S/C18H24N6O.HI/c1-3-19-18(20-12-15-8-10-22-23(15)2)21-13-17(25)24-11-9-14-6-4-5-7-16(14)24;/h4-8,10H,3,9,11-13H2,1-2H3,(H2,19,20,21);1H. The molecule has 26 heavy (non-hydrogen) atoms. The fraction of sp³-hybridized carbons (Fsp3) is 0.389. The minimum Gasteiger partial charge on any atom is -0.357 e. The third kappa shape index (κ3) is 4.75. The van der Waals surface area contributed by atoms with E-state index in [4.69, 9.17) is 0 Å². The molecule has 1 aromatic carbocycles. The number of aryl methyl sites for hydroxylation is 1. The zero-order valence-corrected chi connectivity index (χ0v) is 17.4. The number of hydrogen-bond acceptors (Lipinski definition) is 3. The summed E-state index contributed by atoms with van der Waals surface area (Å²) in [6.45, 7) is 4.19. The van der Waals surface area contributed by atoms with Gasteiger partial charge >= 0.3 is 0 Å². The third-order valence-corrected chi connectivity index (χ3v) is 4.26. The normalized spacial score (nSPS) is 13.2. The topological polar surface area (TPSA) is 74.5 Å². The molecule has 0 saturated carbocycles. The van der Waals surface area contributed by atoms with E-state index in [-0.39, 0.29) is 36.4 Å². The molecule has 0 fully saturated rings. The van der Waals surface area contributed by atoms with Gasteiger partial charge in [0.1, 0.15) is 0 Å². The Hall–Kier alpha value is -2.10. The molecule has 0 saturated heterocycles. The van der Waals surface area contributed by atoms with Gasteiger partial charge in [-0.1, -0.05) is 18.2 Å². The molecule has 0 bridgehead atoms. The van der Waals surface area contributed by atoms with Crippen molar-refractivity contribution < 1.29 is 4.79 Å². The molecule has 0 radical (unpaired) electrons. The van der Waals surface area contributed by atoms with Crippen molar-refractivity contribution in [3.8, 4) is 0 Å². The van der Waals surface area contributed by atoms with Gasteiger partial charge in [0.25, 0.3) is 0 Å². The summed E-state index contributed by atoms with van der Waals surface area (Å²) in [5, 5.41) is 10.4. The van der Waals surface area contributed by atoms with Crippen molar-refractivity contribution in [2.45, 2.75) is 19.9 Å². The van der Waals surface area contributed by atoms with Crippen LogP contribution in [0, 0.1) is 0 Å². The molecule has 2 heterocycles. The van der Waals surface area contributed by atoms with Crippen LogP contribution in [-0.4, -0.2) is 41.3 Å². The minimum absolute atomic E-state index is 0. The van der Waals surface area contributed by atoms with Crippen LogP contribution in [0.5, 0.6) is 0 Å². The lowest BCUT2D eigenvalue weighted by molar-refractivity contribution is -0.117. The minimum atomic E-state index is 0. The number of benzene rings is 1. The number of nitrogens with zero attached hydrogens (tertiary/aromatic N) is 4. The molecule has 2 aromatic rings. The van der Waals surface area contributed by atoms with Crippen molar-refractivity contribution in [1.29, 1.82) is 0 Å². The van der Waals surface area contributed by atoms with Crippen LogP contribution in [0.25, 0.3) is 0 Å². The summed E-state index contributed by atoms with van der Waals surface area (Å²) in [6.07, 6.45) is 2.66. The maximum Gasteiger partial charge on any atom is 0.246 e. The Morgan fingerprint density at radius 3 is 2.81 bits per heavy atom. The summed E-state index contributed by atoms with van der Waals surface area (Å²) < 4.78 is 1.79. The fourth-order valence-corrected chi connectivity index (χ4v) is 2.91. The number of rotatable bonds is 5. The number of nitrogens with one attached hydrogen (secondary N) is 2. The van der Waals surface area contributed by atoms with Gasteiger partial charge in [0, 0.05) is 32.0 Å². The number of carbonyl (C=O) groups is 1. The Morgan fingerprint density at radius 2 is 2.08 bits per heavy atom. The first kappa shape index (κ1) is 20.2. The first-order valence-corrected chi connectivity index (χ1v) is 8.56. The molecular weight excluding hydrogens is 443 g/mol. The predicted molar refractivity (Wildman–Crippen MR) is 114 cm³/mol. The van der Waals surface area contributed by atoms with Gasteiger partial charge in [-0.2, -0.15) is 5.10 Å². The Kier molecular flexibility index (Phi) is 7.43. The van der Waals surface area contributed by atoms with E-state index in [9.17, 15) is 4.79 Å². The van der Waals surface area contributed by atoms with E-state index in [2.05, 4.69) is 26.8 Å². The predicted octanol–water partition coefficient (Wildman–Crippen LogP) is 1.68. The second-order valence-electron chi connectivity index (χ2n) is 5.92. The van der Waals surface area contributed by atoms with Crippen LogP contribution in [-0.2, 0) is 24.8 Å². The fourth-order valence-electron chi connectivity index (χ4n) is 2.91. The van der Waals surface area contributed by atoms with Crippen LogP contribution in [0.2, 0.25) is 0 Å². The average Bonchev–Trinajstić information content (AvgIpc) is 3.23. The number of fused-ring (bicyclic) bond motifs is 1. The smallest absolute Gasteiger partial charge is 0.246 e. The van der Waals surface area contributed by atoms with Crippen LogP contribution in [0.1, 0.15) is 18.2 Å². The number of carbonyl (C=O) groups excluding carboxylic acids is 1. The lowest BCUT2D eigenvalue weighted by Crippen LogP contribution is -2.44. The van der Waals surface area contributed by atoms with E-state index < -0.39 is 0 Å². The Balaban J connectivity index is 0.00000243. The molecule has 2 N–H and O–H groups in total. The molecule has 1 amide bonds. The number of hydrogen-bond donors (Lipinski definition) is 2. The summed E-state index contributed by atoms with van der Waals surface area (Å²) >= 11 is 0. The van der Waals surface area contributed by atoms with Crippen molar-refractivity contribution in [2.24, 2.45) is 12.0 Å². The highest BCUT2D eigenvalue weighted by Gasteiger charge is 2.23. The molecule has 1 aliphatic rings. The third-order valence-electron chi connectivity index (χ3n) is 4.26. The first-order valence-electron chi connectivity index (χ1n) is 8.56. The molecular formula is C18H25IN6O. The number of aromatic nitrogens is 2. The van der Waals surface area contributed by atoms with Gasteiger partial charge in [0.2, 0.25) is 5.91 Å². The van der Waals surface area contributed by atoms with Crippen LogP contribution < -0.4 is 15.5 Å². The summed E-state index contributed by atoms with van der Waals surface area (Å²) in [6, 6.07) is 9.99. The van der Waals surface area contributed by atoms with E-state index in [1.165, 1.54) is 5.56 Å². The van der Waals surface area contributed by atoms with Crippen molar-refractivity contribution >= 4 is 41.5 Å². The van der Waals surface area contributed by atoms with Gasteiger partial charge in [-0.15, -0.1) is 24.0 Å². The number of halogens is 1. The van der Waals surface area contributed by atoms with Crippen LogP contribution in [0.3, 0.4) is 0 Å². The summed E-state index contributed by atoms with van der Waals surface area (Å²) in [4.78, 5) is 18.9. The van der Waals surface area contributed by atoms with E-state index in [1.54, 1.807) is 10.9 Å². The maximum atomic E-state index is 12.6. The van der Waals surface area contributed by atoms with E-state index in [0.29, 0.717) is 12.5 Å². The molecule has 0 aliphatic carbocycles. The number of para-hydroxylation sites is 1. The SMILES string of the molecule is CCNC(=NCc1ccnn1C)NCC(=O)N1CCc2ccccc21.I. The van der Waals surface area contributed by atoms with Crippen LogP contribution >= 0.6 is 24.0 Å². The quantitative estimate of drug-likeness (QED) is 0.398. The summed E-state index contributed by atoms with van der Waals surface area (Å²) in [5.74, 6) is 0.681. The molecule has 0 atom stereocenters. The molecule has 0 unspecified atom stereocenters. The highest BCUT2D eigenvalue weighted by molar-refractivity contribution is 14.0. The Labute approximate surface area is 170 Å². The van der Waals surface area contributed by atoms with E-state index in [1.807, 2.05) is 43.1 Å². The van der Waals surface area contributed by atoms with Gasteiger partial charge in [-0.25, -0.2) is 4.99 Å². The summed E-state index contributed by atoms with van der Waals surface area (Å²) in [5.41, 5.74) is 3.26. The number of anilines is 1. The second-order valence-corrected chi connectivity index (χ2v) is 5.92. The molecule has 1 aromatic heterocycles. The van der Waals surface area contributed by atoms with Crippen molar-refractivity contribution in [3.63, 3.8) is 0 Å². The molecule has 8 heteroatoms. The maximum absolute atomic E-state index is 12.6. The number of aliphatic imine (C=N–C) groups is 1.